The summed E-state index contributed by atoms with van der Waals surface area (Å²) in [6.45, 7) is 3.98. The van der Waals surface area contributed by atoms with Gasteiger partial charge in [0.05, 0.1) is 22.7 Å². The van der Waals surface area contributed by atoms with E-state index in [9.17, 15) is 14.9 Å². The number of methoxy groups -OCH3 is 1. The van der Waals surface area contributed by atoms with Crippen LogP contribution >= 0.6 is 0 Å². The second-order valence-electron chi connectivity index (χ2n) is 4.81. The van der Waals surface area contributed by atoms with E-state index >= 15 is 0 Å². The van der Waals surface area contributed by atoms with Crippen LogP contribution in [0.4, 0.5) is 5.69 Å². The number of carboxylic acids is 1. The van der Waals surface area contributed by atoms with Crippen LogP contribution in [0.5, 0.6) is 5.75 Å². The zero-order valence-corrected chi connectivity index (χ0v) is 11.6. The first kappa shape index (κ1) is 15.9. The monoisotopic (exact) mass is 283 g/mol. The van der Waals surface area contributed by atoms with Crippen molar-refractivity contribution < 1.29 is 24.3 Å². The molecule has 0 unspecified atom stereocenters. The van der Waals surface area contributed by atoms with Crippen LogP contribution < -0.4 is 4.74 Å². The Morgan fingerprint density at radius 3 is 2.60 bits per heavy atom. The van der Waals surface area contributed by atoms with E-state index in [1.807, 2.05) is 13.8 Å². The number of rotatable bonds is 7. The maximum Gasteiger partial charge on any atom is 0.335 e. The van der Waals surface area contributed by atoms with E-state index in [4.69, 9.17) is 14.6 Å². The Labute approximate surface area is 116 Å². The van der Waals surface area contributed by atoms with Crippen molar-refractivity contribution >= 4 is 11.7 Å². The minimum atomic E-state index is -1.22. The van der Waals surface area contributed by atoms with Gasteiger partial charge in [-0.1, -0.05) is 0 Å². The average molecular weight is 283 g/mol. The predicted octanol–water partition coefficient (Wildman–Crippen LogP) is 2.49. The van der Waals surface area contributed by atoms with Gasteiger partial charge < -0.3 is 14.6 Å². The fraction of sp³-hybridized carbons (Fsp3) is 0.462. The molecule has 0 bridgehead atoms. The number of nitro groups is 1. The first-order valence-electron chi connectivity index (χ1n) is 5.96. The maximum atomic E-state index is 10.9. The molecule has 1 aromatic rings. The van der Waals surface area contributed by atoms with Gasteiger partial charge in [0.25, 0.3) is 0 Å². The largest absolute Gasteiger partial charge is 0.487 e. The Hall–Kier alpha value is -2.15. The van der Waals surface area contributed by atoms with E-state index in [1.165, 1.54) is 12.1 Å². The molecule has 0 spiro atoms. The second-order valence-corrected chi connectivity index (χ2v) is 4.81. The van der Waals surface area contributed by atoms with E-state index in [2.05, 4.69) is 0 Å². The Balaban J connectivity index is 2.85. The molecule has 0 aromatic heterocycles. The van der Waals surface area contributed by atoms with Gasteiger partial charge in [0.15, 0.2) is 5.75 Å². The lowest BCUT2D eigenvalue weighted by Crippen LogP contribution is -2.25. The minimum absolute atomic E-state index is 0.0481. The molecule has 0 aliphatic heterocycles. The predicted molar refractivity (Wildman–Crippen MR) is 71.3 cm³/mol. The number of benzene rings is 1. The topological polar surface area (TPSA) is 98.9 Å². The van der Waals surface area contributed by atoms with Gasteiger partial charge in [0.2, 0.25) is 0 Å². The summed E-state index contributed by atoms with van der Waals surface area (Å²) < 4.78 is 10.6. The highest BCUT2D eigenvalue weighted by molar-refractivity contribution is 5.88. The summed E-state index contributed by atoms with van der Waals surface area (Å²) in [7, 11) is 1.57. The molecule has 20 heavy (non-hydrogen) atoms. The third-order valence-electron chi connectivity index (χ3n) is 2.92. The van der Waals surface area contributed by atoms with Crippen LogP contribution in [0.2, 0.25) is 0 Å². The lowest BCUT2D eigenvalue weighted by Gasteiger charge is -2.22. The number of carbonyl (C=O) groups is 1. The lowest BCUT2D eigenvalue weighted by molar-refractivity contribution is -0.385. The number of aromatic carboxylic acids is 1. The molecule has 1 aromatic carbocycles. The highest BCUT2D eigenvalue weighted by Gasteiger charge is 2.20. The first-order valence-corrected chi connectivity index (χ1v) is 5.96. The number of hydrogen-bond acceptors (Lipinski definition) is 5. The van der Waals surface area contributed by atoms with Gasteiger partial charge in [0, 0.05) is 19.6 Å². The number of carboxylic acid groups (broad SMARTS) is 1. The van der Waals surface area contributed by atoms with Gasteiger partial charge in [-0.05, 0) is 26.0 Å². The molecule has 0 heterocycles. The van der Waals surface area contributed by atoms with Crippen molar-refractivity contribution in [1.29, 1.82) is 0 Å². The van der Waals surface area contributed by atoms with Gasteiger partial charge in [0.1, 0.15) is 0 Å². The van der Waals surface area contributed by atoms with Gasteiger partial charge >= 0.3 is 11.7 Å². The minimum Gasteiger partial charge on any atom is -0.487 e. The molecule has 7 nitrogen and oxygen atoms in total. The molecule has 0 fully saturated rings. The molecule has 1 rings (SSSR count). The summed E-state index contributed by atoms with van der Waals surface area (Å²) in [5.74, 6) is -1.17. The Kier molecular flexibility index (Phi) is 5.04. The Morgan fingerprint density at radius 2 is 2.10 bits per heavy atom. The van der Waals surface area contributed by atoms with Crippen LogP contribution in [0.1, 0.15) is 30.6 Å². The highest BCUT2D eigenvalue weighted by Crippen LogP contribution is 2.28. The van der Waals surface area contributed by atoms with E-state index in [1.54, 1.807) is 7.11 Å². The third-order valence-corrected chi connectivity index (χ3v) is 2.92. The standard InChI is InChI=1S/C13H17NO6/c1-13(2,19-3)6-7-20-11-5-4-9(12(15)16)8-10(11)14(17)18/h4-5,8H,6-7H2,1-3H3,(H,15,16). The van der Waals surface area contributed by atoms with E-state index in [-0.39, 0.29) is 23.6 Å². The van der Waals surface area contributed by atoms with Crippen LogP contribution in [-0.2, 0) is 4.74 Å². The van der Waals surface area contributed by atoms with Gasteiger partial charge in [-0.2, -0.15) is 0 Å². The molecule has 0 aliphatic carbocycles. The quantitative estimate of drug-likeness (QED) is 0.609. The van der Waals surface area contributed by atoms with Gasteiger partial charge in [-0.15, -0.1) is 0 Å². The highest BCUT2D eigenvalue weighted by atomic mass is 16.6. The lowest BCUT2D eigenvalue weighted by atomic mass is 10.1. The van der Waals surface area contributed by atoms with Gasteiger partial charge in [-0.3, -0.25) is 10.1 Å². The van der Waals surface area contributed by atoms with Crippen LogP contribution in [0.15, 0.2) is 18.2 Å². The number of nitro benzene ring substituents is 1. The van der Waals surface area contributed by atoms with Crippen LogP contribution in [0, 0.1) is 10.1 Å². The van der Waals surface area contributed by atoms with E-state index in [0.717, 1.165) is 6.07 Å². The first-order chi connectivity index (χ1) is 9.26. The van der Waals surface area contributed by atoms with Crippen molar-refractivity contribution in [2.24, 2.45) is 0 Å². The van der Waals surface area contributed by atoms with Crippen molar-refractivity contribution in [3.05, 3.63) is 33.9 Å². The fourth-order valence-electron chi connectivity index (χ4n) is 1.42. The number of ether oxygens (including phenoxy) is 2. The Bertz CT molecular complexity index is 512. The van der Waals surface area contributed by atoms with E-state index < -0.39 is 16.5 Å². The summed E-state index contributed by atoms with van der Waals surface area (Å²) in [6, 6.07) is 3.55. The normalized spacial score (nSPS) is 11.2. The van der Waals surface area contributed by atoms with Crippen molar-refractivity contribution in [2.75, 3.05) is 13.7 Å². The molecular weight excluding hydrogens is 266 g/mol. The molecule has 0 saturated heterocycles. The van der Waals surface area contributed by atoms with Crippen LogP contribution in [0.3, 0.4) is 0 Å². The zero-order chi connectivity index (χ0) is 15.3. The molecule has 110 valence electrons. The second kappa shape index (κ2) is 6.33. The molecule has 7 heteroatoms. The number of nitrogens with zero attached hydrogens (tertiary/aromatic N) is 1. The SMILES string of the molecule is COC(C)(C)CCOc1ccc(C(=O)O)cc1[N+](=O)[O-]. The average Bonchev–Trinajstić information content (AvgIpc) is 2.38. The summed E-state index contributed by atoms with van der Waals surface area (Å²) >= 11 is 0. The van der Waals surface area contributed by atoms with Crippen molar-refractivity contribution in [3.63, 3.8) is 0 Å². The molecule has 1 N–H and O–H groups in total. The van der Waals surface area contributed by atoms with Crippen molar-refractivity contribution in [3.8, 4) is 5.75 Å². The van der Waals surface area contributed by atoms with Crippen molar-refractivity contribution in [2.45, 2.75) is 25.9 Å². The van der Waals surface area contributed by atoms with Crippen molar-refractivity contribution in [1.82, 2.24) is 0 Å². The smallest absolute Gasteiger partial charge is 0.335 e. The molecule has 0 amide bonds. The van der Waals surface area contributed by atoms with E-state index in [0.29, 0.717) is 6.42 Å². The summed E-state index contributed by atoms with van der Waals surface area (Å²) in [5.41, 5.74) is -0.906. The molecule has 0 atom stereocenters. The van der Waals surface area contributed by atoms with Crippen LogP contribution in [-0.4, -0.2) is 35.3 Å². The molecule has 0 radical (unpaired) electrons. The third kappa shape index (κ3) is 4.20. The molecule has 0 saturated carbocycles. The zero-order valence-electron chi connectivity index (χ0n) is 11.6. The fourth-order valence-corrected chi connectivity index (χ4v) is 1.42. The Morgan fingerprint density at radius 1 is 1.45 bits per heavy atom. The maximum absolute atomic E-state index is 10.9. The molecule has 0 aliphatic rings. The number of hydrogen-bond donors (Lipinski definition) is 1. The molecular formula is C13H17NO6. The van der Waals surface area contributed by atoms with Gasteiger partial charge in [-0.25, -0.2) is 4.79 Å². The summed E-state index contributed by atoms with van der Waals surface area (Å²) in [4.78, 5) is 21.0. The summed E-state index contributed by atoms with van der Waals surface area (Å²) in [6.07, 6.45) is 0.543. The van der Waals surface area contributed by atoms with Crippen LogP contribution in [0.25, 0.3) is 0 Å². The summed E-state index contributed by atoms with van der Waals surface area (Å²) in [5, 5.41) is 19.7.